The number of H-pyrrole nitrogens is 1. The first-order valence-electron chi connectivity index (χ1n) is 17.0. The van der Waals surface area contributed by atoms with Gasteiger partial charge in [-0.15, -0.1) is 0 Å². The summed E-state index contributed by atoms with van der Waals surface area (Å²) in [5, 5.41) is 13.0. The van der Waals surface area contributed by atoms with Crippen molar-refractivity contribution in [3.63, 3.8) is 0 Å². The molecule has 4 rings (SSSR count). The molecule has 0 aliphatic heterocycles. The van der Waals surface area contributed by atoms with Crippen molar-refractivity contribution in [2.24, 2.45) is 0 Å². The zero-order valence-corrected chi connectivity index (χ0v) is 30.1. The number of hydrogen-bond acceptors (Lipinski definition) is 7. The van der Waals surface area contributed by atoms with Crippen LogP contribution in [0.15, 0.2) is 47.3 Å². The van der Waals surface area contributed by atoms with Gasteiger partial charge in [-0.2, -0.15) is 0 Å². The molecule has 1 heterocycles. The standard InChI is InChI=1S/C38H52N4O7/c1-9-41(28-12-14-29(15-13-28)42(37(45)46)38(4,5)6)33-22-27(26-10-16-30(17-11-26)49-19-18-47-7)21-31(25(33)3)35(43)39-23-32-34(48-8)20-24(2)40-36(32)44/h10-11,16-17,20-22,28-29H,9,12-15,18-19,23H2,1-8H3,(H,39,43)(H,40,44)(H,45,46)/t28-,29-. The molecule has 0 atom stereocenters. The zero-order chi connectivity index (χ0) is 35.9. The Labute approximate surface area is 289 Å². The highest BCUT2D eigenvalue weighted by atomic mass is 16.5. The van der Waals surface area contributed by atoms with Gasteiger partial charge < -0.3 is 39.4 Å². The first-order valence-corrected chi connectivity index (χ1v) is 17.0. The molecule has 1 aromatic heterocycles. The van der Waals surface area contributed by atoms with Crippen LogP contribution < -0.4 is 25.2 Å². The van der Waals surface area contributed by atoms with Crippen molar-refractivity contribution in [3.8, 4) is 22.6 Å². The van der Waals surface area contributed by atoms with Gasteiger partial charge in [-0.3, -0.25) is 9.59 Å². The predicted octanol–water partition coefficient (Wildman–Crippen LogP) is 6.54. The fourth-order valence-electron chi connectivity index (χ4n) is 6.93. The number of rotatable bonds is 13. The van der Waals surface area contributed by atoms with E-state index in [1.165, 1.54) is 7.11 Å². The number of aryl methyl sites for hydroxylation is 1. The van der Waals surface area contributed by atoms with Crippen molar-refractivity contribution >= 4 is 17.7 Å². The Kier molecular flexibility index (Phi) is 12.4. The van der Waals surface area contributed by atoms with Crippen LogP contribution in [0.5, 0.6) is 11.5 Å². The van der Waals surface area contributed by atoms with Crippen molar-refractivity contribution in [3.05, 3.63) is 75.2 Å². The highest BCUT2D eigenvalue weighted by molar-refractivity contribution is 5.99. The van der Waals surface area contributed by atoms with E-state index in [0.717, 1.165) is 53.8 Å². The summed E-state index contributed by atoms with van der Waals surface area (Å²) in [6, 6.07) is 13.7. The van der Waals surface area contributed by atoms with Crippen molar-refractivity contribution in [2.75, 3.05) is 38.9 Å². The van der Waals surface area contributed by atoms with E-state index in [4.69, 9.17) is 14.2 Å². The molecule has 3 N–H and O–H groups in total. The number of nitrogens with zero attached hydrogens (tertiary/aromatic N) is 2. The van der Waals surface area contributed by atoms with E-state index in [0.29, 0.717) is 42.3 Å². The summed E-state index contributed by atoms with van der Waals surface area (Å²) >= 11 is 0. The number of carbonyl (C=O) groups is 2. The number of carbonyl (C=O) groups excluding carboxylic acids is 1. The van der Waals surface area contributed by atoms with E-state index in [9.17, 15) is 19.5 Å². The lowest BCUT2D eigenvalue weighted by Gasteiger charge is -2.45. The number of benzene rings is 2. The minimum absolute atomic E-state index is 0.000505. The number of anilines is 1. The molecule has 1 saturated carbocycles. The van der Waals surface area contributed by atoms with Crippen molar-refractivity contribution in [1.82, 2.24) is 15.2 Å². The number of amides is 2. The number of hydrogen-bond donors (Lipinski definition) is 3. The summed E-state index contributed by atoms with van der Waals surface area (Å²) in [7, 11) is 3.13. The van der Waals surface area contributed by atoms with Crippen molar-refractivity contribution in [1.29, 1.82) is 0 Å². The van der Waals surface area contributed by atoms with Gasteiger partial charge in [0.05, 0.1) is 25.8 Å². The van der Waals surface area contributed by atoms with Crippen molar-refractivity contribution < 1.29 is 28.9 Å². The predicted molar refractivity (Wildman–Crippen MR) is 192 cm³/mol. The van der Waals surface area contributed by atoms with Crippen LogP contribution in [0.1, 0.15) is 80.6 Å². The van der Waals surface area contributed by atoms with Gasteiger partial charge in [0.1, 0.15) is 18.1 Å². The Balaban J connectivity index is 1.68. The summed E-state index contributed by atoms with van der Waals surface area (Å²) in [4.78, 5) is 45.6. The number of ether oxygens (including phenoxy) is 3. The van der Waals surface area contributed by atoms with Gasteiger partial charge in [-0.25, -0.2) is 4.79 Å². The molecule has 1 aliphatic rings. The Morgan fingerprint density at radius 1 is 0.959 bits per heavy atom. The largest absolute Gasteiger partial charge is 0.496 e. The van der Waals surface area contributed by atoms with Gasteiger partial charge in [0.25, 0.3) is 11.5 Å². The molecule has 3 aromatic rings. The normalized spacial score (nSPS) is 16.2. The number of aromatic nitrogens is 1. The molecule has 0 saturated heterocycles. The average Bonchev–Trinajstić information content (AvgIpc) is 3.05. The van der Waals surface area contributed by atoms with E-state index >= 15 is 0 Å². The van der Waals surface area contributed by atoms with Gasteiger partial charge in [-0.1, -0.05) is 12.1 Å². The van der Waals surface area contributed by atoms with Crippen LogP contribution in [-0.2, 0) is 11.3 Å². The summed E-state index contributed by atoms with van der Waals surface area (Å²) < 4.78 is 16.3. The number of methoxy groups -OCH3 is 2. The molecule has 266 valence electrons. The van der Waals surface area contributed by atoms with Crippen LogP contribution >= 0.6 is 0 Å². The molecule has 1 fully saturated rings. The Bertz CT molecular complexity index is 1650. The molecule has 11 nitrogen and oxygen atoms in total. The summed E-state index contributed by atoms with van der Waals surface area (Å²) in [6.45, 7) is 13.3. The van der Waals surface area contributed by atoms with E-state index < -0.39 is 11.6 Å². The molecular weight excluding hydrogens is 624 g/mol. The Hall–Kier alpha value is -4.51. The number of nitrogens with one attached hydrogen (secondary N) is 2. The average molecular weight is 677 g/mol. The highest BCUT2D eigenvalue weighted by Crippen LogP contribution is 2.37. The molecule has 0 radical (unpaired) electrons. The fourth-order valence-corrected chi connectivity index (χ4v) is 6.93. The second-order valence-electron chi connectivity index (χ2n) is 13.6. The van der Waals surface area contributed by atoms with E-state index in [2.05, 4.69) is 28.2 Å². The zero-order valence-electron chi connectivity index (χ0n) is 30.1. The third kappa shape index (κ3) is 8.94. The van der Waals surface area contributed by atoms with Crippen LogP contribution in [0.3, 0.4) is 0 Å². The first-order chi connectivity index (χ1) is 23.3. The van der Waals surface area contributed by atoms with Crippen LogP contribution in [0.4, 0.5) is 10.5 Å². The van der Waals surface area contributed by atoms with E-state index in [1.54, 1.807) is 25.0 Å². The van der Waals surface area contributed by atoms with Gasteiger partial charge >= 0.3 is 6.09 Å². The third-order valence-electron chi connectivity index (χ3n) is 9.30. The van der Waals surface area contributed by atoms with Gasteiger partial charge in [-0.05, 0) is 114 Å². The SMILES string of the molecule is CCN(c1cc(-c2ccc(OCCOC)cc2)cc(C(=O)NCc2c(OC)cc(C)[nH]c2=O)c1C)[C@H]1CC[C@H](N(C(=O)O)C(C)(C)C)CC1. The third-order valence-corrected chi connectivity index (χ3v) is 9.30. The summed E-state index contributed by atoms with van der Waals surface area (Å²) in [6.07, 6.45) is 2.28. The second-order valence-corrected chi connectivity index (χ2v) is 13.6. The van der Waals surface area contributed by atoms with Crippen molar-refractivity contribution in [2.45, 2.75) is 91.4 Å². The summed E-state index contributed by atoms with van der Waals surface area (Å²) in [5.74, 6) is 0.839. The minimum Gasteiger partial charge on any atom is -0.496 e. The lowest BCUT2D eigenvalue weighted by atomic mass is 9.86. The maximum Gasteiger partial charge on any atom is 0.407 e. The Morgan fingerprint density at radius 3 is 2.18 bits per heavy atom. The van der Waals surface area contributed by atoms with E-state index in [1.807, 2.05) is 58.0 Å². The molecule has 0 bridgehead atoms. The molecule has 2 amide bonds. The first kappa shape index (κ1) is 37.3. The minimum atomic E-state index is -0.886. The van der Waals surface area contributed by atoms with Gasteiger partial charge in [0.2, 0.25) is 0 Å². The molecule has 49 heavy (non-hydrogen) atoms. The van der Waals surface area contributed by atoms with Crippen LogP contribution in [0.25, 0.3) is 11.1 Å². The molecule has 11 heteroatoms. The smallest absolute Gasteiger partial charge is 0.407 e. The maximum absolute atomic E-state index is 13.9. The van der Waals surface area contributed by atoms with Crippen LogP contribution in [0.2, 0.25) is 0 Å². The number of carboxylic acid groups (broad SMARTS) is 1. The molecule has 1 aliphatic carbocycles. The second kappa shape index (κ2) is 16.3. The van der Waals surface area contributed by atoms with Gasteiger partial charge in [0.15, 0.2) is 0 Å². The molecule has 2 aromatic carbocycles. The lowest BCUT2D eigenvalue weighted by Crippen LogP contribution is -2.53. The fraction of sp³-hybridized carbons (Fsp3) is 0.500. The Morgan fingerprint density at radius 2 is 1.61 bits per heavy atom. The molecule has 0 spiro atoms. The van der Waals surface area contributed by atoms with Gasteiger partial charge in [0, 0.05) is 48.2 Å². The maximum atomic E-state index is 13.9. The monoisotopic (exact) mass is 676 g/mol. The topological polar surface area (TPSA) is 133 Å². The molecular formula is C38H52N4O7. The van der Waals surface area contributed by atoms with E-state index in [-0.39, 0.29) is 30.1 Å². The number of aromatic amines is 1. The highest BCUT2D eigenvalue weighted by Gasteiger charge is 2.37. The van der Waals surface area contributed by atoms with Crippen LogP contribution in [-0.4, -0.2) is 78.6 Å². The lowest BCUT2D eigenvalue weighted by molar-refractivity contribution is 0.0545. The number of pyridine rings is 1. The van der Waals surface area contributed by atoms with Crippen LogP contribution in [0, 0.1) is 13.8 Å². The quantitative estimate of drug-likeness (QED) is 0.174. The molecule has 0 unspecified atom stereocenters. The summed E-state index contributed by atoms with van der Waals surface area (Å²) in [5.41, 5.74) is 4.30.